The maximum atomic E-state index is 12.1. The van der Waals surface area contributed by atoms with Crippen LogP contribution in [-0.2, 0) is 14.6 Å². The molecule has 0 saturated carbocycles. The van der Waals surface area contributed by atoms with Crippen LogP contribution in [0.1, 0.15) is 19.8 Å². The number of carbonyl (C=O) groups is 1. The Morgan fingerprint density at radius 2 is 1.94 bits per heavy atom. The molecule has 1 atom stereocenters. The number of hydrogen-bond acceptors (Lipinski definition) is 4. The van der Waals surface area contributed by atoms with Crippen molar-refractivity contribution in [2.24, 2.45) is 11.7 Å². The van der Waals surface area contributed by atoms with E-state index in [1.165, 1.54) is 0 Å². The second-order valence-corrected chi connectivity index (χ2v) is 7.00. The highest BCUT2D eigenvalue weighted by Gasteiger charge is 2.30. The minimum absolute atomic E-state index is 0.0366. The summed E-state index contributed by atoms with van der Waals surface area (Å²) in [5.74, 6) is -0.505. The van der Waals surface area contributed by atoms with E-state index in [9.17, 15) is 13.2 Å². The quantitative estimate of drug-likeness (QED) is 0.729. The first kappa shape index (κ1) is 14.4. The molecule has 1 aliphatic heterocycles. The summed E-state index contributed by atoms with van der Waals surface area (Å²) in [7, 11) is -2.97. The van der Waals surface area contributed by atoms with Crippen molar-refractivity contribution < 1.29 is 13.2 Å². The zero-order valence-corrected chi connectivity index (χ0v) is 11.5. The molecule has 1 unspecified atom stereocenters. The van der Waals surface area contributed by atoms with Crippen molar-refractivity contribution in [1.82, 2.24) is 4.90 Å². The molecular weight excluding hydrogens is 260 g/mol. The Balaban J connectivity index is 2.66. The third-order valence-electron chi connectivity index (χ3n) is 2.87. The number of sulfone groups is 1. The highest BCUT2D eigenvalue weighted by molar-refractivity contribution is 7.91. The Bertz CT molecular complexity index is 392. The Hall–Kier alpha value is -0.690. The normalized spacial score (nSPS) is 20.9. The molecule has 1 rings (SSSR count). The number of nitrogens with zero attached hydrogens (tertiary/aromatic N) is 1. The predicted octanol–water partition coefficient (Wildman–Crippen LogP) is -0.0542. The topological polar surface area (TPSA) is 80.5 Å². The summed E-state index contributed by atoms with van der Waals surface area (Å²) < 4.78 is 22.5. The molecule has 98 valence electrons. The van der Waals surface area contributed by atoms with Gasteiger partial charge in [-0.25, -0.2) is 8.42 Å². The van der Waals surface area contributed by atoms with Gasteiger partial charge in [0, 0.05) is 13.1 Å². The van der Waals surface area contributed by atoms with E-state index in [0.717, 1.165) is 6.42 Å². The maximum Gasteiger partial charge on any atom is 0.232 e. The van der Waals surface area contributed by atoms with Crippen molar-refractivity contribution in [3.63, 3.8) is 0 Å². The van der Waals surface area contributed by atoms with Gasteiger partial charge in [-0.1, -0.05) is 25.6 Å². The lowest BCUT2D eigenvalue weighted by atomic mass is 10.0. The van der Waals surface area contributed by atoms with E-state index < -0.39 is 15.8 Å². The zero-order valence-electron chi connectivity index (χ0n) is 9.89. The molecule has 0 aromatic heterocycles. The molecule has 0 radical (unpaired) electrons. The van der Waals surface area contributed by atoms with E-state index in [2.05, 4.69) is 0 Å². The average Bonchev–Trinajstić information content (AvgIpc) is 2.24. The SMILES string of the molecule is CCCC(C(=O)N1CCS(=O)(=O)CC1)C(N)=S. The third kappa shape index (κ3) is 3.92. The molecule has 1 aliphatic rings. The van der Waals surface area contributed by atoms with E-state index >= 15 is 0 Å². The second kappa shape index (κ2) is 5.77. The smallest absolute Gasteiger partial charge is 0.232 e. The van der Waals surface area contributed by atoms with Crippen LogP contribution in [-0.4, -0.2) is 48.8 Å². The van der Waals surface area contributed by atoms with Crippen molar-refractivity contribution in [3.05, 3.63) is 0 Å². The molecule has 17 heavy (non-hydrogen) atoms. The monoisotopic (exact) mass is 278 g/mol. The molecule has 1 fully saturated rings. The van der Waals surface area contributed by atoms with Crippen LogP contribution >= 0.6 is 12.2 Å². The predicted molar refractivity (Wildman–Crippen MR) is 70.4 cm³/mol. The fraction of sp³-hybridized carbons (Fsp3) is 0.800. The van der Waals surface area contributed by atoms with Gasteiger partial charge in [-0.05, 0) is 6.42 Å². The van der Waals surface area contributed by atoms with E-state index in [0.29, 0.717) is 6.42 Å². The molecule has 0 spiro atoms. The van der Waals surface area contributed by atoms with Crippen molar-refractivity contribution in [2.45, 2.75) is 19.8 Å². The minimum atomic E-state index is -2.97. The average molecular weight is 278 g/mol. The number of nitrogens with two attached hydrogens (primary N) is 1. The van der Waals surface area contributed by atoms with Crippen LogP contribution in [0.3, 0.4) is 0 Å². The fourth-order valence-corrected chi connectivity index (χ4v) is 3.25. The van der Waals surface area contributed by atoms with Gasteiger partial charge in [0.25, 0.3) is 0 Å². The van der Waals surface area contributed by atoms with Crippen LogP contribution in [0.5, 0.6) is 0 Å². The standard InChI is InChI=1S/C10H18N2O3S2/c1-2-3-8(9(11)16)10(13)12-4-6-17(14,15)7-5-12/h8H,2-7H2,1H3,(H2,11,16). The van der Waals surface area contributed by atoms with E-state index in [1.54, 1.807) is 4.90 Å². The van der Waals surface area contributed by atoms with Crippen LogP contribution in [0.25, 0.3) is 0 Å². The van der Waals surface area contributed by atoms with Gasteiger partial charge in [0.15, 0.2) is 9.84 Å². The first-order valence-electron chi connectivity index (χ1n) is 5.66. The first-order valence-corrected chi connectivity index (χ1v) is 7.89. The summed E-state index contributed by atoms with van der Waals surface area (Å²) >= 11 is 4.89. The molecule has 1 saturated heterocycles. The summed E-state index contributed by atoms with van der Waals surface area (Å²) in [6.07, 6.45) is 1.44. The van der Waals surface area contributed by atoms with Crippen molar-refractivity contribution >= 4 is 33.0 Å². The lowest BCUT2D eigenvalue weighted by molar-refractivity contribution is -0.133. The zero-order chi connectivity index (χ0) is 13.1. The van der Waals surface area contributed by atoms with Gasteiger partial charge in [0.1, 0.15) is 0 Å². The van der Waals surface area contributed by atoms with E-state index in [-0.39, 0.29) is 35.5 Å². The van der Waals surface area contributed by atoms with Gasteiger partial charge in [0.2, 0.25) is 5.91 Å². The first-order chi connectivity index (χ1) is 7.87. The third-order valence-corrected chi connectivity index (χ3v) is 4.77. The fourth-order valence-electron chi connectivity index (χ4n) is 1.83. The number of thiocarbonyl (C=S) groups is 1. The van der Waals surface area contributed by atoms with Gasteiger partial charge in [-0.3, -0.25) is 4.79 Å². The van der Waals surface area contributed by atoms with Gasteiger partial charge >= 0.3 is 0 Å². The van der Waals surface area contributed by atoms with Crippen molar-refractivity contribution in [3.8, 4) is 0 Å². The summed E-state index contributed by atoms with van der Waals surface area (Å²) in [5.41, 5.74) is 5.55. The van der Waals surface area contributed by atoms with Crippen LogP contribution in [0.15, 0.2) is 0 Å². The van der Waals surface area contributed by atoms with Gasteiger partial charge in [0.05, 0.1) is 22.4 Å². The Morgan fingerprint density at radius 1 is 1.41 bits per heavy atom. The summed E-state index contributed by atoms with van der Waals surface area (Å²) in [5, 5.41) is 0. The van der Waals surface area contributed by atoms with Gasteiger partial charge in [-0.2, -0.15) is 0 Å². The highest BCUT2D eigenvalue weighted by atomic mass is 32.2. The Kier molecular flexibility index (Phi) is 4.88. The lowest BCUT2D eigenvalue weighted by Gasteiger charge is -2.29. The Labute approximate surface area is 107 Å². The maximum absolute atomic E-state index is 12.1. The van der Waals surface area contributed by atoms with Crippen molar-refractivity contribution in [2.75, 3.05) is 24.6 Å². The highest BCUT2D eigenvalue weighted by Crippen LogP contribution is 2.14. The van der Waals surface area contributed by atoms with E-state index in [4.69, 9.17) is 18.0 Å². The summed E-state index contributed by atoms with van der Waals surface area (Å²) in [6.45, 7) is 2.47. The van der Waals surface area contributed by atoms with Gasteiger partial charge < -0.3 is 10.6 Å². The molecule has 5 nitrogen and oxygen atoms in total. The molecule has 0 aromatic carbocycles. The van der Waals surface area contributed by atoms with Gasteiger partial charge in [-0.15, -0.1) is 0 Å². The molecule has 0 aromatic rings. The summed E-state index contributed by atoms with van der Waals surface area (Å²) in [6, 6.07) is 0. The molecule has 0 aliphatic carbocycles. The Morgan fingerprint density at radius 3 is 2.35 bits per heavy atom. The molecule has 1 amide bonds. The van der Waals surface area contributed by atoms with Crippen molar-refractivity contribution in [1.29, 1.82) is 0 Å². The largest absolute Gasteiger partial charge is 0.393 e. The minimum Gasteiger partial charge on any atom is -0.393 e. The summed E-state index contributed by atoms with van der Waals surface area (Å²) in [4.78, 5) is 13.9. The lowest BCUT2D eigenvalue weighted by Crippen LogP contribution is -2.48. The molecule has 1 heterocycles. The number of amides is 1. The molecule has 2 N–H and O–H groups in total. The molecular formula is C10H18N2O3S2. The number of hydrogen-bond donors (Lipinski definition) is 1. The molecule has 0 bridgehead atoms. The van der Waals surface area contributed by atoms with Crippen LogP contribution < -0.4 is 5.73 Å². The van der Waals surface area contributed by atoms with Crippen LogP contribution in [0.2, 0.25) is 0 Å². The number of carbonyl (C=O) groups excluding carboxylic acids is 1. The van der Waals surface area contributed by atoms with E-state index in [1.807, 2.05) is 6.92 Å². The van der Waals surface area contributed by atoms with Crippen LogP contribution in [0, 0.1) is 5.92 Å². The number of rotatable bonds is 4. The second-order valence-electron chi connectivity index (χ2n) is 4.22. The van der Waals surface area contributed by atoms with Crippen LogP contribution in [0.4, 0.5) is 0 Å². The molecule has 7 heteroatoms.